The molecule has 1 aliphatic carbocycles. The SMILES string of the molecule is COC(=O)C1Nc2ccnc3ccc(C4C(O)C(c5ccc6c7c(ccnc57)NC(C(=O)OC)C(C(=O)OC)N6)C4O)c(c23)NC1C(=O)OC. The van der Waals surface area contributed by atoms with E-state index in [0.29, 0.717) is 55.7 Å². The number of ether oxygens (including phenoxy) is 4. The van der Waals surface area contributed by atoms with Crippen LogP contribution in [0.25, 0.3) is 21.8 Å². The van der Waals surface area contributed by atoms with Crippen LogP contribution in [0.15, 0.2) is 48.8 Å². The number of methoxy groups -OCH3 is 4. The molecule has 16 heteroatoms. The third-order valence-corrected chi connectivity index (χ3v) is 9.77. The van der Waals surface area contributed by atoms with Crippen molar-refractivity contribution in [2.75, 3.05) is 49.7 Å². The summed E-state index contributed by atoms with van der Waals surface area (Å²) in [6.07, 6.45) is 0.802. The Kier molecular flexibility index (Phi) is 8.27. The van der Waals surface area contributed by atoms with Crippen LogP contribution in [0.2, 0.25) is 0 Å². The van der Waals surface area contributed by atoms with Crippen molar-refractivity contribution in [2.45, 2.75) is 48.2 Å². The Bertz CT molecular complexity index is 2020. The molecule has 2 aromatic heterocycles. The second-order valence-electron chi connectivity index (χ2n) is 12.2. The fourth-order valence-corrected chi connectivity index (χ4v) is 7.34. The van der Waals surface area contributed by atoms with Gasteiger partial charge in [0.05, 0.1) is 57.4 Å². The normalized spacial score (nSPS) is 26.4. The van der Waals surface area contributed by atoms with Crippen molar-refractivity contribution in [3.8, 4) is 0 Å². The lowest BCUT2D eigenvalue weighted by Gasteiger charge is -2.48. The van der Waals surface area contributed by atoms with Gasteiger partial charge in [-0.15, -0.1) is 0 Å². The van der Waals surface area contributed by atoms with Crippen molar-refractivity contribution in [3.05, 3.63) is 59.9 Å². The van der Waals surface area contributed by atoms with E-state index >= 15 is 0 Å². The summed E-state index contributed by atoms with van der Waals surface area (Å²) in [5.41, 5.74) is 3.80. The van der Waals surface area contributed by atoms with Crippen LogP contribution in [-0.2, 0) is 38.1 Å². The molecule has 2 aliphatic heterocycles. The smallest absolute Gasteiger partial charge is 0.331 e. The number of carbonyl (C=O) groups is 4. The maximum Gasteiger partial charge on any atom is 0.331 e. The highest BCUT2D eigenvalue weighted by molar-refractivity contribution is 6.08. The van der Waals surface area contributed by atoms with E-state index in [1.165, 1.54) is 34.6 Å². The molecule has 0 saturated heterocycles. The molecule has 0 amide bonds. The summed E-state index contributed by atoms with van der Waals surface area (Å²) < 4.78 is 19.9. The van der Waals surface area contributed by atoms with Gasteiger partial charge in [-0.25, -0.2) is 19.2 Å². The molecule has 50 heavy (non-hydrogen) atoms. The Labute approximate surface area is 284 Å². The topological polar surface area (TPSA) is 220 Å². The molecular weight excluding hydrogens is 652 g/mol. The van der Waals surface area contributed by atoms with Crippen LogP contribution in [0.1, 0.15) is 23.0 Å². The maximum absolute atomic E-state index is 13.0. The van der Waals surface area contributed by atoms with E-state index in [1.807, 2.05) is 0 Å². The zero-order valence-electron chi connectivity index (χ0n) is 27.3. The molecule has 1 fully saturated rings. The third-order valence-electron chi connectivity index (χ3n) is 9.77. The van der Waals surface area contributed by atoms with Crippen molar-refractivity contribution in [3.63, 3.8) is 0 Å². The fraction of sp³-hybridized carbons (Fsp3) is 0.353. The number of esters is 4. The third kappa shape index (κ3) is 4.97. The molecule has 260 valence electrons. The number of anilines is 4. The summed E-state index contributed by atoms with van der Waals surface area (Å²) in [5, 5.41) is 37.2. The maximum atomic E-state index is 13.0. The van der Waals surface area contributed by atoms with Crippen LogP contribution >= 0.6 is 0 Å². The highest BCUT2D eigenvalue weighted by Gasteiger charge is 2.53. The molecule has 4 aromatic rings. The van der Waals surface area contributed by atoms with Gasteiger partial charge >= 0.3 is 23.9 Å². The van der Waals surface area contributed by atoms with Gasteiger partial charge in [0.15, 0.2) is 24.2 Å². The lowest BCUT2D eigenvalue weighted by molar-refractivity contribution is -0.148. The van der Waals surface area contributed by atoms with Crippen LogP contribution in [-0.4, -0.2) is 109 Å². The minimum atomic E-state index is -1.23. The van der Waals surface area contributed by atoms with Gasteiger partial charge in [-0.2, -0.15) is 0 Å². The molecule has 6 atom stereocenters. The van der Waals surface area contributed by atoms with Gasteiger partial charge in [0, 0.05) is 52.1 Å². The van der Waals surface area contributed by atoms with Gasteiger partial charge in [-0.05, 0) is 35.4 Å². The molecule has 7 rings (SSSR count). The largest absolute Gasteiger partial charge is 0.467 e. The Hall–Kier alpha value is -5.74. The number of hydrogen-bond acceptors (Lipinski definition) is 16. The monoisotopic (exact) mass is 686 g/mol. The molecule has 0 bridgehead atoms. The summed E-state index contributed by atoms with van der Waals surface area (Å²) in [6.45, 7) is 0. The zero-order valence-corrected chi connectivity index (χ0v) is 27.3. The van der Waals surface area contributed by atoms with E-state index in [4.69, 9.17) is 18.9 Å². The van der Waals surface area contributed by atoms with E-state index in [2.05, 4.69) is 31.2 Å². The second-order valence-corrected chi connectivity index (χ2v) is 12.2. The van der Waals surface area contributed by atoms with Crippen LogP contribution in [0.4, 0.5) is 22.7 Å². The molecule has 2 aromatic carbocycles. The fourth-order valence-electron chi connectivity index (χ4n) is 7.34. The van der Waals surface area contributed by atoms with Gasteiger partial charge < -0.3 is 50.4 Å². The molecule has 3 aliphatic rings. The minimum Gasteiger partial charge on any atom is -0.467 e. The molecule has 6 N–H and O–H groups in total. The Balaban J connectivity index is 1.29. The van der Waals surface area contributed by atoms with Gasteiger partial charge in [-0.3, -0.25) is 9.97 Å². The van der Waals surface area contributed by atoms with Crippen molar-refractivity contribution in [1.82, 2.24) is 9.97 Å². The summed E-state index contributed by atoms with van der Waals surface area (Å²) in [7, 11) is 4.85. The van der Waals surface area contributed by atoms with Crippen molar-refractivity contribution < 1.29 is 48.3 Å². The average molecular weight is 687 g/mol. The minimum absolute atomic E-state index is 0.393. The number of aromatic nitrogens is 2. The first-order chi connectivity index (χ1) is 24.1. The van der Waals surface area contributed by atoms with Crippen LogP contribution < -0.4 is 21.3 Å². The number of nitrogens with one attached hydrogen (secondary N) is 4. The number of benzene rings is 2. The predicted molar refractivity (Wildman–Crippen MR) is 179 cm³/mol. The molecule has 4 heterocycles. The molecular formula is C34H34N6O10. The predicted octanol–water partition coefficient (Wildman–Crippen LogP) is 1.23. The number of hydrogen-bond donors (Lipinski definition) is 6. The zero-order chi connectivity index (χ0) is 35.4. The number of carbonyl (C=O) groups excluding carboxylic acids is 4. The van der Waals surface area contributed by atoms with E-state index in [1.54, 1.807) is 42.6 Å². The molecule has 0 radical (unpaired) electrons. The molecule has 16 nitrogen and oxygen atoms in total. The lowest BCUT2D eigenvalue weighted by atomic mass is 9.62. The lowest BCUT2D eigenvalue weighted by Crippen LogP contribution is -2.52. The Morgan fingerprint density at radius 3 is 1.54 bits per heavy atom. The molecule has 0 spiro atoms. The van der Waals surface area contributed by atoms with Gasteiger partial charge in [-0.1, -0.05) is 12.1 Å². The van der Waals surface area contributed by atoms with E-state index in [-0.39, 0.29) is 0 Å². The Morgan fingerprint density at radius 2 is 1.00 bits per heavy atom. The highest BCUT2D eigenvalue weighted by Crippen LogP contribution is 2.53. The van der Waals surface area contributed by atoms with Crippen molar-refractivity contribution in [1.29, 1.82) is 0 Å². The highest BCUT2D eigenvalue weighted by atomic mass is 16.5. The number of pyridine rings is 2. The standard InChI is InChI=1S/C34H34N6O10/c1-47-31(43)25-26(32(44)48-2)39-18-10-12-36-23-13(6-8-16(37-25)22(18)23)19-29(41)20(30(19)42)14-5-7-15-21-17(9-11-35-15)38-27(33(45)49-3)28(34(46)50-4)40-24(14)21/h5-12,19-20,25-30,37-42H,1-4H3. The van der Waals surface area contributed by atoms with E-state index < -0.39 is 72.1 Å². The quantitative estimate of drug-likeness (QED) is 0.124. The van der Waals surface area contributed by atoms with Crippen LogP contribution in [0, 0.1) is 0 Å². The Morgan fingerprint density at radius 1 is 0.560 bits per heavy atom. The second kappa shape index (κ2) is 12.6. The summed E-state index contributed by atoms with van der Waals surface area (Å²) in [5.74, 6) is -4.48. The summed E-state index contributed by atoms with van der Waals surface area (Å²) in [6, 6.07) is 5.48. The average Bonchev–Trinajstić information content (AvgIpc) is 3.43. The van der Waals surface area contributed by atoms with Crippen molar-refractivity contribution >= 4 is 68.4 Å². The van der Waals surface area contributed by atoms with Gasteiger partial charge in [0.2, 0.25) is 0 Å². The van der Waals surface area contributed by atoms with Gasteiger partial charge in [0.1, 0.15) is 0 Å². The van der Waals surface area contributed by atoms with E-state index in [0.717, 1.165) is 0 Å². The van der Waals surface area contributed by atoms with Gasteiger partial charge in [0.25, 0.3) is 0 Å². The first-order valence-electron chi connectivity index (χ1n) is 15.7. The first kappa shape index (κ1) is 32.8. The van der Waals surface area contributed by atoms with Crippen molar-refractivity contribution in [2.24, 2.45) is 0 Å². The number of nitrogens with zero attached hydrogens (tertiary/aromatic N) is 2. The summed E-state index contributed by atoms with van der Waals surface area (Å²) in [4.78, 5) is 60.4. The number of aliphatic hydroxyl groups is 2. The number of rotatable bonds is 6. The molecule has 6 unspecified atom stereocenters. The van der Waals surface area contributed by atoms with Crippen LogP contribution in [0.5, 0.6) is 0 Å². The van der Waals surface area contributed by atoms with E-state index in [9.17, 15) is 29.4 Å². The first-order valence-corrected chi connectivity index (χ1v) is 15.7. The summed E-state index contributed by atoms with van der Waals surface area (Å²) >= 11 is 0. The molecule has 1 saturated carbocycles. The van der Waals surface area contributed by atoms with Crippen LogP contribution in [0.3, 0.4) is 0 Å². The number of aliphatic hydroxyl groups excluding tert-OH is 2.